The topological polar surface area (TPSA) is 47.3 Å². The molecule has 0 aromatic rings. The zero-order chi connectivity index (χ0) is 12.9. The van der Waals surface area contributed by atoms with Crippen LogP contribution >= 0.6 is 0 Å². The van der Waals surface area contributed by atoms with Crippen LogP contribution in [0.15, 0.2) is 11.6 Å². The molecular weight excluding hydrogens is 221 g/mol. The fourth-order valence-electron chi connectivity index (χ4n) is 1.24. The fraction of sp³-hybridized carbons (Fsp3) is 0.800. The van der Waals surface area contributed by atoms with E-state index in [1.54, 1.807) is 6.92 Å². The van der Waals surface area contributed by atoms with E-state index in [1.807, 2.05) is 0 Å². The van der Waals surface area contributed by atoms with Crippen molar-refractivity contribution < 1.29 is 18.0 Å². The zero-order valence-electron chi connectivity index (χ0n) is 9.93. The van der Waals surface area contributed by atoms with E-state index < -0.39 is 29.8 Å². The van der Waals surface area contributed by atoms with E-state index in [0.717, 1.165) is 6.08 Å². The summed E-state index contributed by atoms with van der Waals surface area (Å²) in [6.07, 6.45) is -4.00. The second kappa shape index (κ2) is 6.22. The summed E-state index contributed by atoms with van der Waals surface area (Å²) in [5.74, 6) is -1.12. The molecule has 1 unspecified atom stereocenters. The molecule has 0 aromatic heterocycles. The smallest absolute Gasteiger partial charge is 0.304 e. The van der Waals surface area contributed by atoms with Crippen molar-refractivity contribution in [1.29, 1.82) is 0 Å². The molecule has 0 radical (unpaired) electrons. The summed E-state index contributed by atoms with van der Waals surface area (Å²) >= 11 is 0. The lowest BCUT2D eigenvalue weighted by Crippen LogP contribution is -2.35. The average molecular weight is 240 g/mol. The third-order valence-electron chi connectivity index (χ3n) is 2.16. The fourth-order valence-corrected chi connectivity index (χ4v) is 1.24. The van der Waals surface area contributed by atoms with E-state index in [2.05, 4.69) is 5.48 Å². The van der Waals surface area contributed by atoms with Crippen LogP contribution in [-0.4, -0.2) is 19.5 Å². The number of hydrogen-bond donors (Lipinski definition) is 2. The summed E-state index contributed by atoms with van der Waals surface area (Å²) < 4.78 is 37.8. The molecule has 0 amide bonds. The van der Waals surface area contributed by atoms with Crippen molar-refractivity contribution in [2.45, 2.75) is 33.2 Å². The third-order valence-corrected chi connectivity index (χ3v) is 2.16. The molecular formula is C10H19F3N2O. The second-order valence-corrected chi connectivity index (χ2v) is 3.92. The SMILES string of the molecule is CNO[C@@H](N)C(C)/C=C(\C(C)C)C(F)(F)F. The van der Waals surface area contributed by atoms with Gasteiger partial charge in [0, 0.05) is 18.5 Å². The molecule has 0 aromatic carbocycles. The Labute approximate surface area is 93.8 Å². The molecule has 0 heterocycles. The van der Waals surface area contributed by atoms with Gasteiger partial charge in [-0.05, 0) is 5.92 Å². The number of nitrogens with one attached hydrogen (secondary N) is 1. The van der Waals surface area contributed by atoms with E-state index in [0.29, 0.717) is 0 Å². The largest absolute Gasteiger partial charge is 0.412 e. The Bertz CT molecular complexity index is 239. The van der Waals surface area contributed by atoms with Gasteiger partial charge in [0.25, 0.3) is 0 Å². The Morgan fingerprint density at radius 1 is 1.31 bits per heavy atom. The van der Waals surface area contributed by atoms with Gasteiger partial charge in [-0.1, -0.05) is 26.8 Å². The maximum absolute atomic E-state index is 12.6. The quantitative estimate of drug-likeness (QED) is 0.440. The van der Waals surface area contributed by atoms with Gasteiger partial charge < -0.3 is 5.73 Å². The average Bonchev–Trinajstić information content (AvgIpc) is 2.11. The minimum atomic E-state index is -4.32. The number of rotatable bonds is 5. The lowest BCUT2D eigenvalue weighted by molar-refractivity contribution is -0.0989. The Hall–Kier alpha value is -0.590. The predicted molar refractivity (Wildman–Crippen MR) is 56.3 cm³/mol. The molecule has 96 valence electrons. The molecule has 3 N–H and O–H groups in total. The third kappa shape index (κ3) is 4.96. The normalized spacial score (nSPS) is 17.7. The molecule has 0 fully saturated rings. The molecule has 0 bridgehead atoms. The Morgan fingerprint density at radius 2 is 1.81 bits per heavy atom. The maximum Gasteiger partial charge on any atom is 0.412 e. The van der Waals surface area contributed by atoms with Crippen molar-refractivity contribution in [3.8, 4) is 0 Å². The van der Waals surface area contributed by atoms with Crippen LogP contribution in [-0.2, 0) is 4.84 Å². The highest BCUT2D eigenvalue weighted by molar-refractivity contribution is 5.13. The Kier molecular flexibility index (Phi) is 5.99. The molecule has 0 saturated heterocycles. The minimum absolute atomic E-state index is 0.522. The van der Waals surface area contributed by atoms with Crippen LogP contribution < -0.4 is 11.2 Å². The van der Waals surface area contributed by atoms with E-state index >= 15 is 0 Å². The van der Waals surface area contributed by atoms with Crippen molar-refractivity contribution in [3.05, 3.63) is 11.6 Å². The lowest BCUT2D eigenvalue weighted by atomic mass is 9.97. The van der Waals surface area contributed by atoms with E-state index in [4.69, 9.17) is 10.6 Å². The molecule has 6 heteroatoms. The van der Waals surface area contributed by atoms with Gasteiger partial charge in [0.1, 0.15) is 6.23 Å². The van der Waals surface area contributed by atoms with Crippen molar-refractivity contribution in [1.82, 2.24) is 5.48 Å². The van der Waals surface area contributed by atoms with Gasteiger partial charge in [0.05, 0.1) is 0 Å². The summed E-state index contributed by atoms with van der Waals surface area (Å²) in [5, 5.41) is 0. The van der Waals surface area contributed by atoms with Gasteiger partial charge in [-0.2, -0.15) is 13.2 Å². The highest BCUT2D eigenvalue weighted by atomic mass is 19.4. The molecule has 0 rings (SSSR count). The first-order chi connectivity index (χ1) is 7.20. The van der Waals surface area contributed by atoms with Crippen LogP contribution in [0.2, 0.25) is 0 Å². The van der Waals surface area contributed by atoms with Crippen LogP contribution in [0.4, 0.5) is 13.2 Å². The Balaban J connectivity index is 4.80. The van der Waals surface area contributed by atoms with E-state index in [9.17, 15) is 13.2 Å². The molecule has 2 atom stereocenters. The highest BCUT2D eigenvalue weighted by Gasteiger charge is 2.35. The highest BCUT2D eigenvalue weighted by Crippen LogP contribution is 2.32. The molecule has 0 aliphatic carbocycles. The number of hydroxylamine groups is 1. The first-order valence-electron chi connectivity index (χ1n) is 5.07. The van der Waals surface area contributed by atoms with E-state index in [1.165, 1.54) is 20.9 Å². The maximum atomic E-state index is 12.6. The summed E-state index contributed by atoms with van der Waals surface area (Å²) in [6.45, 7) is 4.57. The molecule has 0 saturated carbocycles. The van der Waals surface area contributed by atoms with Crippen molar-refractivity contribution in [2.75, 3.05) is 7.05 Å². The molecule has 0 aliphatic rings. The number of nitrogens with two attached hydrogens (primary N) is 1. The monoisotopic (exact) mass is 240 g/mol. The van der Waals surface area contributed by atoms with Crippen LogP contribution in [0.5, 0.6) is 0 Å². The van der Waals surface area contributed by atoms with Gasteiger partial charge in [-0.3, -0.25) is 4.84 Å². The Morgan fingerprint density at radius 3 is 2.12 bits per heavy atom. The first kappa shape index (κ1) is 15.4. The minimum Gasteiger partial charge on any atom is -0.304 e. The van der Waals surface area contributed by atoms with Gasteiger partial charge in [0.2, 0.25) is 0 Å². The van der Waals surface area contributed by atoms with Gasteiger partial charge in [-0.25, -0.2) is 5.48 Å². The second-order valence-electron chi connectivity index (χ2n) is 3.92. The van der Waals surface area contributed by atoms with Crippen LogP contribution in [0.25, 0.3) is 0 Å². The molecule has 0 aliphatic heterocycles. The van der Waals surface area contributed by atoms with Crippen LogP contribution in [0.1, 0.15) is 20.8 Å². The van der Waals surface area contributed by atoms with Gasteiger partial charge in [-0.15, -0.1) is 0 Å². The predicted octanol–water partition coefficient (Wildman–Crippen LogP) is 2.20. The van der Waals surface area contributed by atoms with Gasteiger partial charge >= 0.3 is 6.18 Å². The summed E-state index contributed by atoms with van der Waals surface area (Å²) in [7, 11) is 1.50. The summed E-state index contributed by atoms with van der Waals surface area (Å²) in [4.78, 5) is 4.81. The number of alkyl halides is 3. The number of allylic oxidation sites excluding steroid dienone is 1. The number of halogens is 3. The van der Waals surface area contributed by atoms with Crippen molar-refractivity contribution in [2.24, 2.45) is 17.6 Å². The van der Waals surface area contributed by atoms with E-state index in [-0.39, 0.29) is 0 Å². The van der Waals surface area contributed by atoms with Crippen LogP contribution in [0.3, 0.4) is 0 Å². The van der Waals surface area contributed by atoms with Gasteiger partial charge in [0.15, 0.2) is 0 Å². The van der Waals surface area contributed by atoms with Crippen LogP contribution in [0, 0.1) is 11.8 Å². The summed E-state index contributed by atoms with van der Waals surface area (Å²) in [5.41, 5.74) is 7.30. The lowest BCUT2D eigenvalue weighted by Gasteiger charge is -2.21. The molecule has 16 heavy (non-hydrogen) atoms. The number of hydrogen-bond acceptors (Lipinski definition) is 3. The van der Waals surface area contributed by atoms with Crippen molar-refractivity contribution in [3.63, 3.8) is 0 Å². The standard InChI is InChI=1S/C10H19F3N2O/c1-6(2)8(10(11,12)13)5-7(3)9(14)16-15-4/h5-7,9,15H,14H2,1-4H3/b8-5+/t7?,9-/m1/s1. The first-order valence-corrected chi connectivity index (χ1v) is 5.07. The van der Waals surface area contributed by atoms with Crippen molar-refractivity contribution >= 4 is 0 Å². The zero-order valence-corrected chi connectivity index (χ0v) is 9.93. The molecule has 3 nitrogen and oxygen atoms in total. The summed E-state index contributed by atoms with van der Waals surface area (Å²) in [6, 6.07) is 0. The molecule has 0 spiro atoms.